The minimum absolute atomic E-state index is 0.0385. The molecule has 2 atom stereocenters. The van der Waals surface area contributed by atoms with Crippen molar-refractivity contribution in [2.75, 3.05) is 13.7 Å². The van der Waals surface area contributed by atoms with Gasteiger partial charge in [-0.1, -0.05) is 51.1 Å². The van der Waals surface area contributed by atoms with E-state index in [1.807, 2.05) is 12.1 Å². The maximum atomic E-state index is 11.8. The summed E-state index contributed by atoms with van der Waals surface area (Å²) in [6, 6.07) is 15.0. The molecule has 0 aromatic heterocycles. The first-order valence-corrected chi connectivity index (χ1v) is 9.86. The molecule has 0 N–H and O–H groups in total. The van der Waals surface area contributed by atoms with E-state index in [2.05, 4.69) is 56.0 Å². The van der Waals surface area contributed by atoms with Crippen LogP contribution in [0.15, 0.2) is 42.5 Å². The summed E-state index contributed by atoms with van der Waals surface area (Å²) in [4.78, 5) is 14.5. The zero-order valence-corrected chi connectivity index (χ0v) is 16.8. The molecule has 1 heterocycles. The molecule has 2 aliphatic rings. The Kier molecular flexibility index (Phi) is 4.38. The summed E-state index contributed by atoms with van der Waals surface area (Å²) < 4.78 is 5.71. The molecule has 3 heteroatoms. The molecule has 1 fully saturated rings. The third-order valence-corrected chi connectivity index (χ3v) is 7.42. The van der Waals surface area contributed by atoms with Crippen molar-refractivity contribution in [1.82, 2.24) is 4.90 Å². The third kappa shape index (κ3) is 2.63. The van der Waals surface area contributed by atoms with Crippen LogP contribution in [0, 0.1) is 5.41 Å². The van der Waals surface area contributed by atoms with E-state index in [-0.39, 0.29) is 10.8 Å². The number of carbonyl (C=O) groups is 1. The molecule has 0 radical (unpaired) electrons. The topological polar surface area (TPSA) is 29.5 Å². The van der Waals surface area contributed by atoms with Gasteiger partial charge in [0.25, 0.3) is 0 Å². The van der Waals surface area contributed by atoms with Gasteiger partial charge in [0.15, 0.2) is 0 Å². The molecular weight excluding hydrogens is 334 g/mol. The number of aldehydes is 1. The fourth-order valence-corrected chi connectivity index (χ4v) is 5.49. The summed E-state index contributed by atoms with van der Waals surface area (Å²) in [5.74, 6) is 0.920. The Bertz CT molecular complexity index is 858. The predicted molar refractivity (Wildman–Crippen MR) is 108 cm³/mol. The van der Waals surface area contributed by atoms with Crippen molar-refractivity contribution < 1.29 is 9.53 Å². The van der Waals surface area contributed by atoms with Crippen molar-refractivity contribution >= 4 is 6.29 Å². The molecule has 0 unspecified atom stereocenters. The van der Waals surface area contributed by atoms with Crippen molar-refractivity contribution in [2.45, 2.75) is 51.6 Å². The highest BCUT2D eigenvalue weighted by atomic mass is 16.5. The van der Waals surface area contributed by atoms with Gasteiger partial charge >= 0.3 is 0 Å². The maximum Gasteiger partial charge on any atom is 0.150 e. The van der Waals surface area contributed by atoms with E-state index in [1.165, 1.54) is 16.7 Å². The number of likely N-dealkylation sites (tertiary alicyclic amines) is 1. The largest absolute Gasteiger partial charge is 0.496 e. The van der Waals surface area contributed by atoms with Gasteiger partial charge in [0, 0.05) is 29.1 Å². The number of benzene rings is 2. The number of carbonyl (C=O) groups excluding carboxylic acids is 1. The van der Waals surface area contributed by atoms with Crippen LogP contribution in [-0.2, 0) is 18.4 Å². The highest BCUT2D eigenvalue weighted by Crippen LogP contribution is 2.58. The highest BCUT2D eigenvalue weighted by molar-refractivity contribution is 5.80. The van der Waals surface area contributed by atoms with Crippen LogP contribution in [0.3, 0.4) is 0 Å². The van der Waals surface area contributed by atoms with E-state index in [9.17, 15) is 4.79 Å². The first-order chi connectivity index (χ1) is 12.9. The number of nitrogens with zero attached hydrogens (tertiary/aromatic N) is 1. The smallest absolute Gasteiger partial charge is 0.150 e. The molecule has 142 valence electrons. The van der Waals surface area contributed by atoms with E-state index < -0.39 is 0 Å². The Hall–Kier alpha value is -2.13. The molecular formula is C24H29NO2. The summed E-state index contributed by atoms with van der Waals surface area (Å²) in [5, 5.41) is 0. The average Bonchev–Trinajstić information content (AvgIpc) is 2.66. The Morgan fingerprint density at radius 1 is 1.15 bits per heavy atom. The monoisotopic (exact) mass is 363 g/mol. The molecule has 0 spiro atoms. The lowest BCUT2D eigenvalue weighted by Gasteiger charge is -2.61. The quantitative estimate of drug-likeness (QED) is 0.742. The number of hydrogen-bond acceptors (Lipinski definition) is 3. The molecule has 1 aliphatic carbocycles. The third-order valence-electron chi connectivity index (χ3n) is 7.42. The van der Waals surface area contributed by atoms with Gasteiger partial charge in [0.1, 0.15) is 12.0 Å². The van der Waals surface area contributed by atoms with E-state index in [0.29, 0.717) is 6.04 Å². The van der Waals surface area contributed by atoms with Crippen LogP contribution >= 0.6 is 0 Å². The van der Waals surface area contributed by atoms with Gasteiger partial charge in [-0.25, -0.2) is 0 Å². The number of piperidine rings is 1. The summed E-state index contributed by atoms with van der Waals surface area (Å²) in [7, 11) is 1.73. The fourth-order valence-electron chi connectivity index (χ4n) is 5.49. The van der Waals surface area contributed by atoms with Crippen LogP contribution in [0.25, 0.3) is 0 Å². The van der Waals surface area contributed by atoms with Crippen LogP contribution in [0.2, 0.25) is 0 Å². The molecule has 2 aromatic carbocycles. The molecule has 1 saturated heterocycles. The van der Waals surface area contributed by atoms with Crippen LogP contribution in [0.1, 0.15) is 54.2 Å². The van der Waals surface area contributed by atoms with Crippen LogP contribution in [-0.4, -0.2) is 30.9 Å². The van der Waals surface area contributed by atoms with E-state index in [4.69, 9.17) is 4.74 Å². The van der Waals surface area contributed by atoms with Crippen molar-refractivity contribution in [3.63, 3.8) is 0 Å². The van der Waals surface area contributed by atoms with Crippen molar-refractivity contribution in [1.29, 1.82) is 0 Å². The van der Waals surface area contributed by atoms with E-state index >= 15 is 0 Å². The molecule has 27 heavy (non-hydrogen) atoms. The summed E-state index contributed by atoms with van der Waals surface area (Å²) in [6.45, 7) is 9.13. The lowest BCUT2D eigenvalue weighted by molar-refractivity contribution is -0.0427. The Balaban J connectivity index is 1.82. The number of methoxy groups -OCH3 is 1. The number of fused-ring (bicyclic) bond motifs is 4. The number of hydrogen-bond donors (Lipinski definition) is 0. The van der Waals surface area contributed by atoms with Gasteiger partial charge in [-0.15, -0.1) is 0 Å². The highest BCUT2D eigenvalue weighted by Gasteiger charge is 2.57. The van der Waals surface area contributed by atoms with Gasteiger partial charge in [-0.3, -0.25) is 9.69 Å². The van der Waals surface area contributed by atoms with Crippen LogP contribution in [0.4, 0.5) is 0 Å². The zero-order chi connectivity index (χ0) is 19.2. The van der Waals surface area contributed by atoms with Gasteiger partial charge in [0.2, 0.25) is 0 Å². The van der Waals surface area contributed by atoms with Crippen molar-refractivity contribution in [3.05, 3.63) is 64.7 Å². The van der Waals surface area contributed by atoms with E-state index in [1.54, 1.807) is 7.11 Å². The Morgan fingerprint density at radius 2 is 1.89 bits per heavy atom. The van der Waals surface area contributed by atoms with Gasteiger partial charge in [-0.2, -0.15) is 0 Å². The maximum absolute atomic E-state index is 11.8. The second-order valence-corrected chi connectivity index (χ2v) is 8.81. The van der Waals surface area contributed by atoms with Crippen LogP contribution < -0.4 is 4.74 Å². The van der Waals surface area contributed by atoms with Crippen LogP contribution in [0.5, 0.6) is 5.75 Å². The Morgan fingerprint density at radius 3 is 2.56 bits per heavy atom. The normalized spacial score (nSPS) is 26.3. The first kappa shape index (κ1) is 18.2. The fraction of sp³-hybridized carbons (Fsp3) is 0.458. The second-order valence-electron chi connectivity index (χ2n) is 8.81. The summed E-state index contributed by atoms with van der Waals surface area (Å²) in [5.41, 5.74) is 4.66. The van der Waals surface area contributed by atoms with E-state index in [0.717, 1.165) is 43.5 Å². The standard InChI is InChI=1S/C24H29NO2/c1-23(2)21-14-19-20(27-4)11-10-18(16-26)22(19)24(23,3)12-13-25(21)15-17-8-6-5-7-9-17/h5-11,16,21H,12-15H2,1-4H3/t21-,24+/m1/s1. The molecule has 3 nitrogen and oxygen atoms in total. The SMILES string of the molecule is COc1ccc(C=O)c2c1C[C@H]1N(Cc3ccccc3)CC[C@]2(C)C1(C)C. The minimum atomic E-state index is -0.0385. The van der Waals surface area contributed by atoms with Gasteiger partial charge in [-0.05, 0) is 48.1 Å². The minimum Gasteiger partial charge on any atom is -0.496 e. The molecule has 0 amide bonds. The molecule has 1 aliphatic heterocycles. The lowest BCUT2D eigenvalue weighted by atomic mass is 9.50. The van der Waals surface area contributed by atoms with Gasteiger partial charge < -0.3 is 4.74 Å². The number of ether oxygens (including phenoxy) is 1. The second kappa shape index (κ2) is 6.49. The summed E-state index contributed by atoms with van der Waals surface area (Å²) in [6.07, 6.45) is 3.00. The predicted octanol–water partition coefficient (Wildman–Crippen LogP) is 4.62. The van der Waals surface area contributed by atoms with Crippen molar-refractivity contribution in [2.24, 2.45) is 5.41 Å². The molecule has 2 aromatic rings. The van der Waals surface area contributed by atoms with Gasteiger partial charge in [0.05, 0.1) is 7.11 Å². The lowest BCUT2D eigenvalue weighted by Crippen LogP contribution is -2.63. The molecule has 0 saturated carbocycles. The number of rotatable bonds is 4. The van der Waals surface area contributed by atoms with Crippen molar-refractivity contribution in [3.8, 4) is 5.75 Å². The molecule has 2 bridgehead atoms. The average molecular weight is 364 g/mol. The summed E-state index contributed by atoms with van der Waals surface area (Å²) >= 11 is 0. The Labute approximate surface area is 162 Å². The molecule has 4 rings (SSSR count). The first-order valence-electron chi connectivity index (χ1n) is 9.86. The zero-order valence-electron chi connectivity index (χ0n) is 16.8.